The Labute approximate surface area is 120 Å². The molecule has 2 heteroatoms. The van der Waals surface area contributed by atoms with E-state index in [0.29, 0.717) is 0 Å². The topological polar surface area (TPSA) is 18.5 Å². The van der Waals surface area contributed by atoms with Crippen LogP contribution < -0.4 is 9.47 Å². The highest BCUT2D eigenvalue weighted by Gasteiger charge is 2.10. The van der Waals surface area contributed by atoms with Crippen LogP contribution in [0.4, 0.5) is 0 Å². The van der Waals surface area contributed by atoms with Gasteiger partial charge in [-0.2, -0.15) is 0 Å². The van der Waals surface area contributed by atoms with E-state index in [0.717, 1.165) is 37.2 Å². The minimum absolute atomic E-state index is 0.992. The Morgan fingerprint density at radius 2 is 1.10 bits per heavy atom. The zero-order valence-corrected chi connectivity index (χ0v) is 12.1. The highest BCUT2D eigenvalue weighted by atomic mass is 16.5. The number of rotatable bonds is 2. The van der Waals surface area contributed by atoms with E-state index >= 15 is 0 Å². The molecule has 4 bridgehead atoms. The van der Waals surface area contributed by atoms with Gasteiger partial charge in [0, 0.05) is 0 Å². The minimum Gasteiger partial charge on any atom is -0.496 e. The molecule has 20 heavy (non-hydrogen) atoms. The Kier molecular flexibility index (Phi) is 3.64. The molecule has 0 radical (unpaired) electrons. The lowest BCUT2D eigenvalue weighted by Crippen LogP contribution is -2.02. The Morgan fingerprint density at radius 1 is 0.650 bits per heavy atom. The first-order valence-electron chi connectivity index (χ1n) is 7.12. The predicted octanol–water partition coefficient (Wildman–Crippen LogP) is 3.59. The number of hydrogen-bond acceptors (Lipinski definition) is 2. The highest BCUT2D eigenvalue weighted by Crippen LogP contribution is 2.27. The Hall–Kier alpha value is -1.96. The number of methoxy groups -OCH3 is 2. The van der Waals surface area contributed by atoms with Crippen LogP contribution in [0.3, 0.4) is 0 Å². The molecule has 0 saturated carbocycles. The van der Waals surface area contributed by atoms with Crippen molar-refractivity contribution in [2.24, 2.45) is 0 Å². The van der Waals surface area contributed by atoms with Crippen molar-refractivity contribution in [3.8, 4) is 11.5 Å². The smallest absolute Gasteiger partial charge is 0.122 e. The summed E-state index contributed by atoms with van der Waals surface area (Å²) >= 11 is 0. The van der Waals surface area contributed by atoms with E-state index < -0.39 is 0 Å². The standard InChI is InChI=1S/C18H20O2/c1-19-17-11-13-3-7-15(17)9-5-14-4-8-16(10-6-13)18(12-14)20-2/h3-4,7-8,11-12H,5-6,9-10H2,1-2H3. The van der Waals surface area contributed by atoms with E-state index in [4.69, 9.17) is 9.47 Å². The van der Waals surface area contributed by atoms with Crippen LogP contribution in [-0.4, -0.2) is 14.2 Å². The average Bonchev–Trinajstić information content (AvgIpc) is 2.49. The second kappa shape index (κ2) is 5.58. The molecule has 0 N–H and O–H groups in total. The molecule has 4 aliphatic rings. The Bertz CT molecular complexity index is 561. The summed E-state index contributed by atoms with van der Waals surface area (Å²) in [6.45, 7) is 0. The fraction of sp³-hybridized carbons (Fsp3) is 0.333. The summed E-state index contributed by atoms with van der Waals surface area (Å²) in [5, 5.41) is 0. The quantitative estimate of drug-likeness (QED) is 0.828. The second-order valence-corrected chi connectivity index (χ2v) is 5.29. The Balaban J connectivity index is 2.01. The lowest BCUT2D eigenvalue weighted by Gasteiger charge is -2.15. The van der Waals surface area contributed by atoms with E-state index in [1.165, 1.54) is 22.3 Å². The minimum atomic E-state index is 0.992. The number of ether oxygens (including phenoxy) is 2. The van der Waals surface area contributed by atoms with Crippen molar-refractivity contribution in [1.82, 2.24) is 0 Å². The molecule has 0 amide bonds. The van der Waals surface area contributed by atoms with Gasteiger partial charge < -0.3 is 9.47 Å². The van der Waals surface area contributed by atoms with E-state index in [2.05, 4.69) is 36.4 Å². The first-order valence-corrected chi connectivity index (χ1v) is 7.12. The van der Waals surface area contributed by atoms with Gasteiger partial charge in [-0.3, -0.25) is 0 Å². The summed E-state index contributed by atoms with van der Waals surface area (Å²) in [6, 6.07) is 13.2. The molecule has 0 unspecified atom stereocenters. The monoisotopic (exact) mass is 268 g/mol. The van der Waals surface area contributed by atoms with Crippen molar-refractivity contribution in [3.05, 3.63) is 58.7 Å². The highest BCUT2D eigenvalue weighted by molar-refractivity contribution is 5.42. The van der Waals surface area contributed by atoms with Gasteiger partial charge in [0.05, 0.1) is 14.2 Å². The summed E-state index contributed by atoms with van der Waals surface area (Å²) < 4.78 is 11.1. The van der Waals surface area contributed by atoms with Crippen LogP contribution in [0.1, 0.15) is 22.3 Å². The SMILES string of the molecule is COc1cc2ccc1CCc1ccc(c(OC)c1)CC2. The van der Waals surface area contributed by atoms with Crippen LogP contribution in [0, 0.1) is 0 Å². The van der Waals surface area contributed by atoms with Gasteiger partial charge in [0.1, 0.15) is 11.5 Å². The maximum atomic E-state index is 5.53. The van der Waals surface area contributed by atoms with Crippen molar-refractivity contribution in [2.45, 2.75) is 25.7 Å². The fourth-order valence-electron chi connectivity index (χ4n) is 2.86. The van der Waals surface area contributed by atoms with Crippen LogP contribution >= 0.6 is 0 Å². The van der Waals surface area contributed by atoms with Gasteiger partial charge in [0.25, 0.3) is 0 Å². The fourth-order valence-corrected chi connectivity index (χ4v) is 2.86. The number of aryl methyl sites for hydroxylation is 4. The van der Waals surface area contributed by atoms with Crippen LogP contribution in [0.25, 0.3) is 0 Å². The molecule has 0 aliphatic heterocycles. The molecule has 0 aromatic heterocycles. The first kappa shape index (κ1) is 13.0. The molecular weight excluding hydrogens is 248 g/mol. The van der Waals surface area contributed by atoms with Crippen LogP contribution in [0.2, 0.25) is 0 Å². The maximum Gasteiger partial charge on any atom is 0.122 e. The largest absolute Gasteiger partial charge is 0.496 e. The van der Waals surface area contributed by atoms with Gasteiger partial charge in [0.15, 0.2) is 0 Å². The van der Waals surface area contributed by atoms with E-state index in [1.54, 1.807) is 14.2 Å². The second-order valence-electron chi connectivity index (χ2n) is 5.29. The number of hydrogen-bond donors (Lipinski definition) is 0. The van der Waals surface area contributed by atoms with Gasteiger partial charge in [-0.05, 0) is 60.1 Å². The van der Waals surface area contributed by atoms with Gasteiger partial charge in [-0.15, -0.1) is 0 Å². The average molecular weight is 268 g/mol. The molecule has 4 aliphatic carbocycles. The van der Waals surface area contributed by atoms with Crippen molar-refractivity contribution in [1.29, 1.82) is 0 Å². The summed E-state index contributed by atoms with van der Waals surface area (Å²) in [5.74, 6) is 2.04. The molecule has 0 saturated heterocycles. The molecule has 0 spiro atoms. The van der Waals surface area contributed by atoms with Crippen LogP contribution in [0.15, 0.2) is 36.4 Å². The van der Waals surface area contributed by atoms with Crippen molar-refractivity contribution >= 4 is 0 Å². The maximum absolute atomic E-state index is 5.53. The van der Waals surface area contributed by atoms with Crippen molar-refractivity contribution in [3.63, 3.8) is 0 Å². The van der Waals surface area contributed by atoms with Crippen LogP contribution in [-0.2, 0) is 25.7 Å². The van der Waals surface area contributed by atoms with E-state index in [1.807, 2.05) is 0 Å². The third-order valence-electron chi connectivity index (χ3n) is 4.07. The third-order valence-corrected chi connectivity index (χ3v) is 4.07. The van der Waals surface area contributed by atoms with Crippen molar-refractivity contribution < 1.29 is 9.47 Å². The summed E-state index contributed by atoms with van der Waals surface area (Å²) in [4.78, 5) is 0. The number of benzene rings is 2. The van der Waals surface area contributed by atoms with Gasteiger partial charge in [-0.25, -0.2) is 0 Å². The molecule has 2 aromatic carbocycles. The van der Waals surface area contributed by atoms with Crippen molar-refractivity contribution in [2.75, 3.05) is 14.2 Å². The van der Waals surface area contributed by atoms with Gasteiger partial charge in [-0.1, -0.05) is 24.3 Å². The summed E-state index contributed by atoms with van der Waals surface area (Å²) in [5.41, 5.74) is 5.19. The molecule has 0 atom stereocenters. The molecule has 2 aromatic rings. The predicted molar refractivity (Wildman–Crippen MR) is 80.8 cm³/mol. The zero-order valence-electron chi connectivity index (χ0n) is 12.1. The van der Waals surface area contributed by atoms with E-state index in [9.17, 15) is 0 Å². The van der Waals surface area contributed by atoms with Gasteiger partial charge >= 0.3 is 0 Å². The normalized spacial score (nSPS) is 13.7. The van der Waals surface area contributed by atoms with E-state index in [-0.39, 0.29) is 0 Å². The molecular formula is C18H20O2. The van der Waals surface area contributed by atoms with Crippen LogP contribution in [0.5, 0.6) is 11.5 Å². The zero-order chi connectivity index (χ0) is 13.9. The third kappa shape index (κ3) is 2.51. The molecule has 2 nitrogen and oxygen atoms in total. The first-order chi connectivity index (χ1) is 9.80. The Morgan fingerprint density at radius 3 is 1.50 bits per heavy atom. The van der Waals surface area contributed by atoms with Gasteiger partial charge in [0.2, 0.25) is 0 Å². The molecule has 0 fully saturated rings. The summed E-state index contributed by atoms with van der Waals surface area (Å²) in [7, 11) is 3.51. The molecule has 6 rings (SSSR count). The molecule has 104 valence electrons. The lowest BCUT2D eigenvalue weighted by atomic mass is 9.95. The summed E-state index contributed by atoms with van der Waals surface area (Å²) in [6.07, 6.45) is 4.00. The molecule has 0 heterocycles. The lowest BCUT2D eigenvalue weighted by molar-refractivity contribution is 0.406.